The Bertz CT molecular complexity index is 1630. The summed E-state index contributed by atoms with van der Waals surface area (Å²) < 4.78 is 55.6. The van der Waals surface area contributed by atoms with Crippen LogP contribution in [0.1, 0.15) is 31.2 Å². The van der Waals surface area contributed by atoms with Gasteiger partial charge in [-0.25, -0.2) is 13.8 Å². The molecule has 1 N–H and O–H groups in total. The van der Waals surface area contributed by atoms with E-state index in [4.69, 9.17) is 14.3 Å². The van der Waals surface area contributed by atoms with E-state index >= 15 is 0 Å². The molecule has 10 nitrogen and oxygen atoms in total. The Hall–Kier alpha value is -3.52. The largest absolute Gasteiger partial charge is 0.598 e. The van der Waals surface area contributed by atoms with Crippen LogP contribution in [0, 0.1) is 17.0 Å². The SMILES string of the molecule is CC1(COc2c(N3CCN([S+]([O-])Cc4ccc5nc(CCO)oc5c4)CC3)cnn(-c3cc(F)cc(F)c3)c2=O)CC1. The van der Waals surface area contributed by atoms with Crippen molar-refractivity contribution in [2.45, 2.75) is 31.9 Å². The first-order valence-electron chi connectivity index (χ1n) is 13.8. The van der Waals surface area contributed by atoms with E-state index in [1.807, 2.05) is 27.4 Å². The lowest BCUT2D eigenvalue weighted by Crippen LogP contribution is -2.49. The Kier molecular flexibility index (Phi) is 7.92. The molecule has 4 aromatic rings. The fourth-order valence-electron chi connectivity index (χ4n) is 4.92. The maximum Gasteiger partial charge on any atom is 0.316 e. The van der Waals surface area contributed by atoms with Gasteiger partial charge in [0.1, 0.15) is 22.8 Å². The average Bonchev–Trinajstić information content (AvgIpc) is 3.56. The normalized spacial score (nSPS) is 17.5. The molecule has 42 heavy (non-hydrogen) atoms. The Morgan fingerprint density at radius 2 is 1.86 bits per heavy atom. The van der Waals surface area contributed by atoms with E-state index in [0.29, 0.717) is 67.6 Å². The Morgan fingerprint density at radius 1 is 1.12 bits per heavy atom. The number of nitrogens with zero attached hydrogens (tertiary/aromatic N) is 5. The molecule has 222 valence electrons. The van der Waals surface area contributed by atoms with Gasteiger partial charge in [-0.2, -0.15) is 9.78 Å². The van der Waals surface area contributed by atoms with Crippen LogP contribution in [0.15, 0.2) is 51.8 Å². The van der Waals surface area contributed by atoms with Crippen molar-refractivity contribution in [2.24, 2.45) is 5.41 Å². The third-order valence-electron chi connectivity index (χ3n) is 7.66. The zero-order valence-corrected chi connectivity index (χ0v) is 23.9. The molecule has 2 aliphatic rings. The van der Waals surface area contributed by atoms with Gasteiger partial charge in [0, 0.05) is 47.9 Å². The lowest BCUT2D eigenvalue weighted by molar-refractivity contribution is 0.242. The van der Waals surface area contributed by atoms with E-state index in [1.165, 1.54) is 6.20 Å². The number of rotatable bonds is 10. The molecule has 3 heterocycles. The summed E-state index contributed by atoms with van der Waals surface area (Å²) in [5.74, 6) is -0.778. The molecule has 0 spiro atoms. The number of aliphatic hydroxyl groups excluding tert-OH is 1. The number of ether oxygens (including phenoxy) is 1. The summed E-state index contributed by atoms with van der Waals surface area (Å²) in [6, 6.07) is 8.35. The minimum absolute atomic E-state index is 0.00646. The van der Waals surface area contributed by atoms with Gasteiger partial charge in [-0.15, -0.1) is 4.31 Å². The molecule has 0 radical (unpaired) electrons. The van der Waals surface area contributed by atoms with E-state index in [-0.39, 0.29) is 23.5 Å². The molecule has 1 atom stereocenters. The van der Waals surface area contributed by atoms with Crippen molar-refractivity contribution in [3.8, 4) is 11.4 Å². The molecule has 6 rings (SSSR count). The summed E-state index contributed by atoms with van der Waals surface area (Å²) in [6.45, 7) is 4.29. The third-order valence-corrected chi connectivity index (χ3v) is 9.18. The van der Waals surface area contributed by atoms with Crippen LogP contribution in [0.4, 0.5) is 14.5 Å². The predicted octanol–water partition coefficient (Wildman–Crippen LogP) is 3.35. The predicted molar refractivity (Wildman–Crippen MR) is 153 cm³/mol. The highest BCUT2D eigenvalue weighted by atomic mass is 32.2. The van der Waals surface area contributed by atoms with Crippen LogP contribution in [-0.2, 0) is 23.5 Å². The van der Waals surface area contributed by atoms with Crippen LogP contribution in [0.2, 0.25) is 0 Å². The lowest BCUT2D eigenvalue weighted by Gasteiger charge is -2.36. The van der Waals surface area contributed by atoms with Crippen LogP contribution in [0.3, 0.4) is 0 Å². The fraction of sp³-hybridized carbons (Fsp3) is 0.414. The zero-order chi connectivity index (χ0) is 29.4. The second kappa shape index (κ2) is 11.6. The number of hydrogen-bond acceptors (Lipinski definition) is 9. The highest BCUT2D eigenvalue weighted by Gasteiger charge is 2.39. The van der Waals surface area contributed by atoms with Gasteiger partial charge in [0.2, 0.25) is 5.75 Å². The van der Waals surface area contributed by atoms with Gasteiger partial charge in [-0.3, -0.25) is 4.79 Å². The summed E-state index contributed by atoms with van der Waals surface area (Å²) in [4.78, 5) is 19.8. The van der Waals surface area contributed by atoms with Crippen LogP contribution in [0.25, 0.3) is 16.8 Å². The van der Waals surface area contributed by atoms with E-state index in [2.05, 4.69) is 17.0 Å². The number of aromatic nitrogens is 3. The molecular weight excluding hydrogens is 568 g/mol. The first kappa shape index (κ1) is 28.6. The highest BCUT2D eigenvalue weighted by molar-refractivity contribution is 7.88. The van der Waals surface area contributed by atoms with Gasteiger partial charge in [-0.05, 0) is 37.1 Å². The van der Waals surface area contributed by atoms with Crippen molar-refractivity contribution in [3.63, 3.8) is 0 Å². The van der Waals surface area contributed by atoms with Crippen LogP contribution >= 0.6 is 0 Å². The van der Waals surface area contributed by atoms with Gasteiger partial charge >= 0.3 is 5.56 Å². The van der Waals surface area contributed by atoms with Crippen molar-refractivity contribution in [3.05, 3.63) is 76.0 Å². The Balaban J connectivity index is 1.17. The van der Waals surface area contributed by atoms with E-state index in [1.54, 1.807) is 0 Å². The molecule has 0 bridgehead atoms. The summed E-state index contributed by atoms with van der Waals surface area (Å²) in [6.07, 6.45) is 3.81. The van der Waals surface area contributed by atoms with Gasteiger partial charge in [0.15, 0.2) is 17.2 Å². The van der Waals surface area contributed by atoms with E-state index < -0.39 is 28.6 Å². The van der Waals surface area contributed by atoms with Crippen LogP contribution in [-0.4, -0.2) is 68.1 Å². The summed E-state index contributed by atoms with van der Waals surface area (Å²) in [5, 5.41) is 13.3. The molecule has 2 aromatic heterocycles. The van der Waals surface area contributed by atoms with E-state index in [9.17, 15) is 18.1 Å². The third kappa shape index (κ3) is 6.14. The molecular formula is C29H31F2N5O5S. The number of piperazine rings is 1. The number of oxazole rings is 1. The van der Waals surface area contributed by atoms with E-state index in [0.717, 1.165) is 41.3 Å². The van der Waals surface area contributed by atoms with Crippen molar-refractivity contribution in [1.82, 2.24) is 19.1 Å². The molecule has 1 aliphatic carbocycles. The number of benzene rings is 2. The molecule has 13 heteroatoms. The smallest absolute Gasteiger partial charge is 0.316 e. The Morgan fingerprint density at radius 3 is 2.55 bits per heavy atom. The van der Waals surface area contributed by atoms with Gasteiger partial charge in [0.25, 0.3) is 0 Å². The van der Waals surface area contributed by atoms with Crippen LogP contribution in [0.5, 0.6) is 5.75 Å². The second-order valence-corrected chi connectivity index (χ2v) is 12.5. The molecule has 1 unspecified atom stereocenters. The monoisotopic (exact) mass is 599 g/mol. The molecule has 2 aromatic carbocycles. The Labute approximate surface area is 243 Å². The quantitative estimate of drug-likeness (QED) is 0.274. The zero-order valence-electron chi connectivity index (χ0n) is 23.1. The number of anilines is 1. The standard InChI is InChI=1S/C29H31F2N5O5S/c1-29(5-6-29)18-40-27-24(16-32-36(28(27)38)22-14-20(30)13-21(31)15-22)34-7-9-35(10-8-34)42(39)17-19-2-3-23-25(12-19)41-26(33-23)4-11-37/h2-3,12-16,37H,4-11,17-18H2,1H3. The maximum absolute atomic E-state index is 13.9. The lowest BCUT2D eigenvalue weighted by atomic mass is 10.2. The molecule has 2 fully saturated rings. The van der Waals surface area contributed by atoms with Crippen molar-refractivity contribution < 1.29 is 27.6 Å². The fourth-order valence-corrected chi connectivity index (χ4v) is 6.13. The molecule has 1 aliphatic heterocycles. The average molecular weight is 600 g/mol. The number of hydrogen-bond donors (Lipinski definition) is 1. The number of halogens is 2. The van der Waals surface area contributed by atoms with Crippen LogP contribution < -0.4 is 15.2 Å². The van der Waals surface area contributed by atoms with Gasteiger partial charge in [0.05, 0.1) is 38.2 Å². The topological polar surface area (TPSA) is 120 Å². The summed E-state index contributed by atoms with van der Waals surface area (Å²) in [7, 11) is 0. The van der Waals surface area contributed by atoms with Gasteiger partial charge < -0.3 is 23.7 Å². The summed E-state index contributed by atoms with van der Waals surface area (Å²) >= 11 is -1.30. The molecule has 1 saturated heterocycles. The maximum atomic E-state index is 13.9. The minimum Gasteiger partial charge on any atom is -0.598 e. The van der Waals surface area contributed by atoms with Crippen molar-refractivity contribution in [2.75, 3.05) is 44.3 Å². The first-order chi connectivity index (χ1) is 20.2. The van der Waals surface area contributed by atoms with Gasteiger partial charge in [-0.1, -0.05) is 13.0 Å². The number of fused-ring (bicyclic) bond motifs is 1. The first-order valence-corrected chi connectivity index (χ1v) is 15.1. The minimum atomic E-state index is -1.30. The number of aliphatic hydroxyl groups is 1. The second-order valence-electron chi connectivity index (χ2n) is 11.1. The summed E-state index contributed by atoms with van der Waals surface area (Å²) in [5.41, 5.74) is 1.99. The molecule has 1 saturated carbocycles. The highest BCUT2D eigenvalue weighted by Crippen LogP contribution is 2.45. The van der Waals surface area contributed by atoms with Crippen molar-refractivity contribution in [1.29, 1.82) is 0 Å². The van der Waals surface area contributed by atoms with Crippen molar-refractivity contribution >= 4 is 28.1 Å². The molecule has 0 amide bonds.